The zero-order valence-corrected chi connectivity index (χ0v) is 39.9. The number of hydrogen-bond acceptors (Lipinski definition) is 3. The molecular formula is C61H58BN3O. The van der Waals surface area contributed by atoms with Crippen LogP contribution in [0.15, 0.2) is 144 Å². The Morgan fingerprint density at radius 1 is 0.591 bits per heavy atom. The highest BCUT2D eigenvalue weighted by Gasteiger charge is 2.58. The largest absolute Gasteiger partial charge is 0.439 e. The van der Waals surface area contributed by atoms with Gasteiger partial charge < -0.3 is 14.2 Å². The molecule has 4 nitrogen and oxygen atoms in total. The van der Waals surface area contributed by atoms with E-state index in [0.717, 1.165) is 23.1 Å². The first-order chi connectivity index (χ1) is 31.7. The van der Waals surface area contributed by atoms with Gasteiger partial charge >= 0.3 is 0 Å². The molecule has 9 aromatic rings. The summed E-state index contributed by atoms with van der Waals surface area (Å²) in [4.78, 5) is 5.42. The van der Waals surface area contributed by atoms with Crippen LogP contribution in [-0.2, 0) is 16.2 Å². The molecule has 0 spiro atoms. The second-order valence-electron chi connectivity index (χ2n) is 22.6. The predicted molar refractivity (Wildman–Crippen MR) is 280 cm³/mol. The van der Waals surface area contributed by atoms with Gasteiger partial charge in [0.25, 0.3) is 6.71 Å². The predicted octanol–water partition coefficient (Wildman–Crippen LogP) is 14.5. The highest BCUT2D eigenvalue weighted by molar-refractivity contribution is 7.00. The maximum absolute atomic E-state index is 6.91. The summed E-state index contributed by atoms with van der Waals surface area (Å²) >= 11 is 0. The number of fused-ring (bicyclic) bond motifs is 12. The number of nitrogens with zero attached hydrogens (tertiary/aromatic N) is 3. The Hall–Kier alpha value is -6.46. The number of benzene rings is 7. The minimum atomic E-state index is -0.0861. The second kappa shape index (κ2) is 13.3. The monoisotopic (exact) mass is 859 g/mol. The molecule has 3 aliphatic heterocycles. The van der Waals surface area contributed by atoms with Crippen LogP contribution in [0.2, 0.25) is 0 Å². The lowest BCUT2D eigenvalue weighted by Crippen LogP contribution is -2.60. The molecule has 0 N–H and O–H groups in total. The maximum Gasteiger partial charge on any atom is 0.252 e. The SMILES string of the molecule is Cc1cc2c3c(c1)-n1c4oc5ccccc5c4c4cccc(c41)B3c1ccc(N3c4ccc(C(C)(C)C)cc4C4(C)CCCCC34C)cc1N2c1ccc(C(C)(C)C)cc1-c1ccccc1. The van der Waals surface area contributed by atoms with Crippen molar-refractivity contribution in [2.75, 3.05) is 9.80 Å². The number of anilines is 5. The van der Waals surface area contributed by atoms with Crippen LogP contribution >= 0.6 is 0 Å². The average molecular weight is 860 g/mol. The van der Waals surface area contributed by atoms with E-state index in [1.165, 1.54) is 119 Å². The van der Waals surface area contributed by atoms with Crippen LogP contribution < -0.4 is 26.2 Å². The molecule has 2 atom stereocenters. The molecule has 13 rings (SSSR count). The molecule has 1 aliphatic carbocycles. The Morgan fingerprint density at radius 2 is 1.29 bits per heavy atom. The van der Waals surface area contributed by atoms with Crippen molar-refractivity contribution in [2.45, 2.75) is 110 Å². The van der Waals surface area contributed by atoms with Gasteiger partial charge in [0.15, 0.2) is 0 Å². The van der Waals surface area contributed by atoms with Gasteiger partial charge in [-0.15, -0.1) is 0 Å². The minimum absolute atomic E-state index is 0.0159. The number of hydrogen-bond donors (Lipinski definition) is 0. The van der Waals surface area contributed by atoms with Gasteiger partial charge in [0, 0.05) is 50.2 Å². The van der Waals surface area contributed by atoms with E-state index in [0.29, 0.717) is 0 Å². The first-order valence-electron chi connectivity index (χ1n) is 24.3. The quantitative estimate of drug-likeness (QED) is 0.165. The van der Waals surface area contributed by atoms with Crippen LogP contribution in [0.5, 0.6) is 0 Å². The summed E-state index contributed by atoms with van der Waals surface area (Å²) < 4.78 is 9.36. The van der Waals surface area contributed by atoms with Gasteiger partial charge in [0.05, 0.1) is 22.1 Å². The van der Waals surface area contributed by atoms with Gasteiger partial charge in [0.2, 0.25) is 5.71 Å². The third-order valence-electron chi connectivity index (χ3n) is 16.7. The van der Waals surface area contributed by atoms with E-state index in [-0.39, 0.29) is 28.5 Å². The van der Waals surface area contributed by atoms with Gasteiger partial charge in [-0.05, 0) is 130 Å². The van der Waals surface area contributed by atoms with Crippen LogP contribution in [0.3, 0.4) is 0 Å². The average Bonchev–Trinajstić information content (AvgIpc) is 3.90. The summed E-state index contributed by atoms with van der Waals surface area (Å²) in [6, 6.07) is 53.7. The van der Waals surface area contributed by atoms with Crippen molar-refractivity contribution in [3.05, 3.63) is 162 Å². The third kappa shape index (κ3) is 5.23. The normalized spacial score (nSPS) is 19.7. The summed E-state index contributed by atoms with van der Waals surface area (Å²) in [5.41, 5.74) is 22.5. The topological polar surface area (TPSA) is 24.6 Å². The molecule has 0 saturated heterocycles. The van der Waals surface area contributed by atoms with E-state index < -0.39 is 0 Å². The lowest BCUT2D eigenvalue weighted by molar-refractivity contribution is 0.195. The van der Waals surface area contributed by atoms with Crippen molar-refractivity contribution in [2.24, 2.45) is 0 Å². The number of aromatic nitrogens is 1. The molecule has 4 aliphatic rings. The molecule has 5 heterocycles. The summed E-state index contributed by atoms with van der Waals surface area (Å²) in [5, 5.41) is 3.61. The summed E-state index contributed by atoms with van der Waals surface area (Å²) in [6.07, 6.45) is 4.84. The van der Waals surface area contributed by atoms with Crippen molar-refractivity contribution < 1.29 is 4.42 Å². The Morgan fingerprint density at radius 3 is 2.08 bits per heavy atom. The fourth-order valence-electron chi connectivity index (χ4n) is 13.1. The summed E-state index contributed by atoms with van der Waals surface area (Å²) in [6.45, 7) is 21.5. The fraction of sp³-hybridized carbons (Fsp3) is 0.279. The lowest BCUT2D eigenvalue weighted by atomic mass is 9.33. The van der Waals surface area contributed by atoms with Crippen LogP contribution in [0.25, 0.3) is 49.8 Å². The number of aryl methyl sites for hydroxylation is 1. The molecule has 2 unspecified atom stereocenters. The van der Waals surface area contributed by atoms with Gasteiger partial charge in [-0.3, -0.25) is 4.57 Å². The van der Waals surface area contributed by atoms with Crippen molar-refractivity contribution in [3.63, 3.8) is 0 Å². The standard InChI is InChI=1S/C61H58BN3O/c1-37-32-51-55-52(33-37)64-56-43(54-42-20-13-14-23-53(42)66-57(54)64)21-17-22-47(56)62(55)46-27-26-41(65-49-29-25-40(59(5,6)7)35-45(49)60(8)30-15-16-31-61(60,65)9)36-50(46)63(51)48-28-24-39(58(2,3)4)34-44(48)38-18-11-10-12-19-38/h10-14,17-29,32-36H,15-16,30-31H2,1-9H3. The van der Waals surface area contributed by atoms with Crippen molar-refractivity contribution in [3.8, 4) is 16.8 Å². The van der Waals surface area contributed by atoms with E-state index >= 15 is 0 Å². The molecule has 0 radical (unpaired) electrons. The molecule has 0 bridgehead atoms. The molecule has 66 heavy (non-hydrogen) atoms. The van der Waals surface area contributed by atoms with Gasteiger partial charge in [0.1, 0.15) is 5.58 Å². The highest BCUT2D eigenvalue weighted by atomic mass is 16.3. The first kappa shape index (κ1) is 39.9. The molecule has 7 aromatic carbocycles. The van der Waals surface area contributed by atoms with Crippen LogP contribution in [-0.4, -0.2) is 16.8 Å². The van der Waals surface area contributed by atoms with Crippen molar-refractivity contribution >= 4 is 84.5 Å². The smallest absolute Gasteiger partial charge is 0.252 e. The number of para-hydroxylation sites is 2. The number of furan rings is 1. The van der Waals surface area contributed by atoms with Gasteiger partial charge in [-0.25, -0.2) is 0 Å². The van der Waals surface area contributed by atoms with Crippen LogP contribution in [0.4, 0.5) is 28.4 Å². The molecule has 2 aromatic heterocycles. The van der Waals surface area contributed by atoms with Gasteiger partial charge in [-0.2, -0.15) is 0 Å². The first-order valence-corrected chi connectivity index (χ1v) is 24.3. The molecule has 1 saturated carbocycles. The Labute approximate surface area is 389 Å². The molecule has 5 heteroatoms. The third-order valence-corrected chi connectivity index (χ3v) is 16.7. The second-order valence-corrected chi connectivity index (χ2v) is 22.6. The van der Waals surface area contributed by atoms with E-state index in [1.54, 1.807) is 0 Å². The molecule has 0 amide bonds. The fourth-order valence-corrected chi connectivity index (χ4v) is 13.1. The summed E-state index contributed by atoms with van der Waals surface area (Å²) in [5.74, 6) is 0. The maximum atomic E-state index is 6.91. The van der Waals surface area contributed by atoms with Crippen LogP contribution in [0.1, 0.15) is 103 Å². The zero-order chi connectivity index (χ0) is 45.2. The zero-order valence-electron chi connectivity index (χ0n) is 39.9. The van der Waals surface area contributed by atoms with Crippen molar-refractivity contribution in [1.82, 2.24) is 4.57 Å². The Bertz CT molecular complexity index is 3530. The van der Waals surface area contributed by atoms with E-state index in [9.17, 15) is 0 Å². The molecular weight excluding hydrogens is 802 g/mol. The van der Waals surface area contributed by atoms with E-state index in [4.69, 9.17) is 4.42 Å². The minimum Gasteiger partial charge on any atom is -0.439 e. The highest BCUT2D eigenvalue weighted by Crippen LogP contribution is 2.62. The number of rotatable bonds is 3. The Balaban J connectivity index is 1.13. The van der Waals surface area contributed by atoms with Crippen LogP contribution in [0, 0.1) is 6.92 Å². The van der Waals surface area contributed by atoms with E-state index in [2.05, 4.69) is 216 Å². The molecule has 326 valence electrons. The summed E-state index contributed by atoms with van der Waals surface area (Å²) in [7, 11) is 0. The lowest BCUT2D eigenvalue weighted by Gasteiger charge is -2.50. The Kier molecular flexibility index (Phi) is 8.06. The van der Waals surface area contributed by atoms with Gasteiger partial charge in [-0.1, -0.05) is 152 Å². The van der Waals surface area contributed by atoms with Crippen molar-refractivity contribution in [1.29, 1.82) is 0 Å². The molecule has 1 fully saturated rings. The van der Waals surface area contributed by atoms with E-state index in [1.807, 2.05) is 0 Å².